The van der Waals surface area contributed by atoms with E-state index in [2.05, 4.69) is 25.5 Å². The zero-order valence-electron chi connectivity index (χ0n) is 13.5. The summed E-state index contributed by atoms with van der Waals surface area (Å²) in [5, 5.41) is 11.3. The van der Waals surface area contributed by atoms with E-state index in [0.29, 0.717) is 11.6 Å². The van der Waals surface area contributed by atoms with Gasteiger partial charge >= 0.3 is 0 Å². The Labute approximate surface area is 138 Å². The van der Waals surface area contributed by atoms with Gasteiger partial charge in [-0.05, 0) is 25.3 Å². The first-order valence-electron chi connectivity index (χ1n) is 8.29. The molecular weight excluding hydrogens is 306 g/mol. The van der Waals surface area contributed by atoms with Crippen LogP contribution in [-0.4, -0.2) is 35.0 Å². The first kappa shape index (κ1) is 14.8. The third-order valence-electron chi connectivity index (χ3n) is 4.39. The van der Waals surface area contributed by atoms with Crippen LogP contribution in [0, 0.1) is 0 Å². The van der Waals surface area contributed by atoms with E-state index < -0.39 is 0 Å². The van der Waals surface area contributed by atoms with E-state index in [4.69, 9.17) is 0 Å². The summed E-state index contributed by atoms with van der Waals surface area (Å²) in [6, 6.07) is 1.66. The number of amides is 1. The average molecular weight is 325 g/mol. The molecule has 1 N–H and O–H groups in total. The molecule has 1 aliphatic heterocycles. The van der Waals surface area contributed by atoms with E-state index in [0.717, 1.165) is 43.7 Å². The van der Waals surface area contributed by atoms with Crippen molar-refractivity contribution in [2.24, 2.45) is 0 Å². The summed E-state index contributed by atoms with van der Waals surface area (Å²) in [6.07, 6.45) is 9.27. The van der Waals surface area contributed by atoms with Crippen molar-refractivity contribution in [3.05, 3.63) is 42.0 Å². The Morgan fingerprint density at radius 2 is 2.29 bits per heavy atom. The van der Waals surface area contributed by atoms with Gasteiger partial charge in [0.1, 0.15) is 5.82 Å². The van der Waals surface area contributed by atoms with Crippen molar-refractivity contribution in [2.75, 3.05) is 0 Å². The molecule has 0 saturated carbocycles. The third kappa shape index (κ3) is 2.53. The number of aryl methyl sites for hydroxylation is 1. The molecule has 3 aromatic rings. The van der Waals surface area contributed by atoms with Crippen LogP contribution in [-0.2, 0) is 13.0 Å². The smallest absolute Gasteiger partial charge is 0.289 e. The maximum absolute atomic E-state index is 12.7. The van der Waals surface area contributed by atoms with E-state index >= 15 is 0 Å². The molecule has 0 aliphatic carbocycles. The van der Waals surface area contributed by atoms with Gasteiger partial charge in [0.05, 0.1) is 11.7 Å². The van der Waals surface area contributed by atoms with Gasteiger partial charge in [0.15, 0.2) is 0 Å². The van der Waals surface area contributed by atoms with Gasteiger partial charge in [0.2, 0.25) is 11.6 Å². The van der Waals surface area contributed by atoms with E-state index in [1.54, 1.807) is 6.20 Å². The summed E-state index contributed by atoms with van der Waals surface area (Å²) in [5.74, 6) is 1.72. The van der Waals surface area contributed by atoms with Gasteiger partial charge < -0.3 is 9.88 Å². The second kappa shape index (κ2) is 6.03. The fourth-order valence-electron chi connectivity index (χ4n) is 3.10. The molecule has 0 radical (unpaired) electrons. The summed E-state index contributed by atoms with van der Waals surface area (Å²) in [4.78, 5) is 21.4. The number of fused-ring (bicyclic) bond motifs is 2. The first-order valence-corrected chi connectivity index (χ1v) is 8.29. The normalized spacial score (nSPS) is 15.2. The average Bonchev–Trinajstić information content (AvgIpc) is 3.23. The summed E-state index contributed by atoms with van der Waals surface area (Å²) >= 11 is 0. The van der Waals surface area contributed by atoms with E-state index in [1.165, 1.54) is 0 Å². The molecule has 8 nitrogen and oxygen atoms in total. The molecule has 0 bridgehead atoms. The SMILES string of the molecule is CCC(NC(=O)c1nnc2n1CCCC2)c1cn2cccnc2n1. The number of nitrogens with zero attached hydrogens (tertiary/aromatic N) is 6. The minimum absolute atomic E-state index is 0.184. The fourth-order valence-corrected chi connectivity index (χ4v) is 3.10. The van der Waals surface area contributed by atoms with Crippen LogP contribution in [0.2, 0.25) is 0 Å². The largest absolute Gasteiger partial charge is 0.341 e. The van der Waals surface area contributed by atoms with Crippen LogP contribution in [0.25, 0.3) is 5.78 Å². The molecule has 124 valence electrons. The highest BCUT2D eigenvalue weighted by Gasteiger charge is 2.24. The molecule has 8 heteroatoms. The first-order chi connectivity index (χ1) is 11.8. The number of imidazole rings is 1. The molecule has 0 spiro atoms. The van der Waals surface area contributed by atoms with Crippen LogP contribution in [0.5, 0.6) is 0 Å². The zero-order valence-corrected chi connectivity index (χ0v) is 13.5. The number of carbonyl (C=O) groups excluding carboxylic acids is 1. The van der Waals surface area contributed by atoms with Gasteiger partial charge in [-0.15, -0.1) is 10.2 Å². The number of hydrogen-bond donors (Lipinski definition) is 1. The summed E-state index contributed by atoms with van der Waals surface area (Å²) in [7, 11) is 0. The monoisotopic (exact) mass is 325 g/mol. The minimum atomic E-state index is -0.201. The van der Waals surface area contributed by atoms with Crippen molar-refractivity contribution in [1.82, 2.24) is 34.4 Å². The Balaban J connectivity index is 1.58. The lowest BCUT2D eigenvalue weighted by atomic mass is 10.1. The van der Waals surface area contributed by atoms with E-state index in [9.17, 15) is 4.79 Å². The molecular formula is C16H19N7O. The lowest BCUT2D eigenvalue weighted by Crippen LogP contribution is -2.31. The second-order valence-corrected chi connectivity index (χ2v) is 5.98. The minimum Gasteiger partial charge on any atom is -0.341 e. The second-order valence-electron chi connectivity index (χ2n) is 5.98. The lowest BCUT2D eigenvalue weighted by Gasteiger charge is -2.17. The predicted molar refractivity (Wildman–Crippen MR) is 86.4 cm³/mol. The van der Waals surface area contributed by atoms with Gasteiger partial charge in [0, 0.05) is 31.6 Å². The number of rotatable bonds is 4. The lowest BCUT2D eigenvalue weighted by molar-refractivity contribution is 0.0918. The van der Waals surface area contributed by atoms with Crippen LogP contribution in [0.4, 0.5) is 0 Å². The van der Waals surface area contributed by atoms with Gasteiger partial charge in [0.25, 0.3) is 5.91 Å². The number of carbonyl (C=O) groups is 1. The van der Waals surface area contributed by atoms with Gasteiger partial charge in [-0.1, -0.05) is 6.92 Å². The summed E-state index contributed by atoms with van der Waals surface area (Å²) in [6.45, 7) is 2.82. The van der Waals surface area contributed by atoms with E-state index in [1.807, 2.05) is 34.4 Å². The molecule has 24 heavy (non-hydrogen) atoms. The van der Waals surface area contributed by atoms with Crippen LogP contribution in [0.15, 0.2) is 24.7 Å². The predicted octanol–water partition coefficient (Wildman–Crippen LogP) is 1.54. The summed E-state index contributed by atoms with van der Waals surface area (Å²) < 4.78 is 3.78. The molecule has 0 saturated heterocycles. The quantitative estimate of drug-likeness (QED) is 0.786. The molecule has 1 unspecified atom stereocenters. The van der Waals surface area contributed by atoms with Gasteiger partial charge in [-0.3, -0.25) is 9.20 Å². The molecule has 1 amide bonds. The van der Waals surface area contributed by atoms with Gasteiger partial charge in [-0.25, -0.2) is 9.97 Å². The molecule has 1 aliphatic rings. The highest BCUT2D eigenvalue weighted by molar-refractivity contribution is 5.91. The third-order valence-corrected chi connectivity index (χ3v) is 4.39. The molecule has 0 fully saturated rings. The highest BCUT2D eigenvalue weighted by atomic mass is 16.2. The number of nitrogens with one attached hydrogen (secondary N) is 1. The van der Waals surface area contributed by atoms with Crippen molar-refractivity contribution in [2.45, 2.75) is 45.2 Å². The van der Waals surface area contributed by atoms with Crippen molar-refractivity contribution in [1.29, 1.82) is 0 Å². The number of aromatic nitrogens is 6. The Morgan fingerprint density at radius 1 is 1.38 bits per heavy atom. The van der Waals surface area contributed by atoms with Crippen molar-refractivity contribution in [3.63, 3.8) is 0 Å². The molecule has 0 aromatic carbocycles. The van der Waals surface area contributed by atoms with Crippen LogP contribution in [0.3, 0.4) is 0 Å². The van der Waals surface area contributed by atoms with E-state index in [-0.39, 0.29) is 11.9 Å². The Hall–Kier alpha value is -2.77. The number of hydrogen-bond acceptors (Lipinski definition) is 5. The standard InChI is InChI=1S/C16H19N7O/c1-2-11(12-10-22-8-5-7-17-16(22)19-12)18-15(24)14-21-20-13-6-3-4-9-23(13)14/h5,7-8,10-11H,2-4,6,9H2,1H3,(H,18,24). The van der Waals surface area contributed by atoms with Crippen molar-refractivity contribution < 1.29 is 4.79 Å². The maximum atomic E-state index is 12.7. The zero-order chi connectivity index (χ0) is 16.5. The van der Waals surface area contributed by atoms with Crippen molar-refractivity contribution in [3.8, 4) is 0 Å². The molecule has 1 atom stereocenters. The van der Waals surface area contributed by atoms with Gasteiger partial charge in [-0.2, -0.15) is 0 Å². The Kier molecular flexibility index (Phi) is 3.72. The fraction of sp³-hybridized carbons (Fsp3) is 0.438. The highest BCUT2D eigenvalue weighted by Crippen LogP contribution is 2.18. The maximum Gasteiger partial charge on any atom is 0.289 e. The topological polar surface area (TPSA) is 90.0 Å². The van der Waals surface area contributed by atoms with Crippen molar-refractivity contribution >= 4 is 11.7 Å². The van der Waals surface area contributed by atoms with Crippen LogP contribution >= 0.6 is 0 Å². The Morgan fingerprint density at radius 3 is 3.12 bits per heavy atom. The summed E-state index contributed by atoms with van der Waals surface area (Å²) in [5.41, 5.74) is 0.794. The molecule has 4 rings (SSSR count). The van der Waals surface area contributed by atoms with Crippen LogP contribution < -0.4 is 5.32 Å². The molecule has 3 aromatic heterocycles. The molecule has 4 heterocycles. The van der Waals surface area contributed by atoms with Crippen LogP contribution in [0.1, 0.15) is 54.4 Å². The Bertz CT molecular complexity index is 849.